The summed E-state index contributed by atoms with van der Waals surface area (Å²) in [5.74, 6) is 1.38. The molecular formula is C12H13N3O3. The van der Waals surface area contributed by atoms with Gasteiger partial charge in [0.25, 0.3) is 5.91 Å². The molecule has 0 saturated carbocycles. The zero-order chi connectivity index (χ0) is 13.5. The van der Waals surface area contributed by atoms with Gasteiger partial charge in [-0.25, -0.2) is 4.98 Å². The fraction of sp³-hybridized carbons (Fsp3) is 0.250. The highest BCUT2D eigenvalue weighted by molar-refractivity contribution is 5.94. The fourth-order valence-electron chi connectivity index (χ4n) is 1.13. The molecule has 1 atom stereocenters. The first-order chi connectivity index (χ1) is 8.54. The standard InChI is InChI=1S/C12H13N3O3/c1-3-6-13-11(16)9-4-5-10(14-7-9)15-8(2)12(17)18/h1,4-5,7-8H,6H2,2H3,(H,13,16)(H,14,15)(H,17,18). The van der Waals surface area contributed by atoms with Gasteiger partial charge < -0.3 is 15.7 Å². The van der Waals surface area contributed by atoms with Crippen molar-refractivity contribution in [3.8, 4) is 12.3 Å². The molecule has 0 aliphatic carbocycles. The van der Waals surface area contributed by atoms with E-state index in [9.17, 15) is 9.59 Å². The fourth-order valence-corrected chi connectivity index (χ4v) is 1.13. The minimum absolute atomic E-state index is 0.148. The SMILES string of the molecule is C#CCNC(=O)c1ccc(NC(C)C(=O)O)nc1. The van der Waals surface area contributed by atoms with E-state index in [4.69, 9.17) is 11.5 Å². The van der Waals surface area contributed by atoms with Gasteiger partial charge in [-0.2, -0.15) is 0 Å². The van der Waals surface area contributed by atoms with Crippen molar-refractivity contribution in [1.29, 1.82) is 0 Å². The zero-order valence-corrected chi connectivity index (χ0v) is 9.80. The predicted octanol–water partition coefficient (Wildman–Crippen LogP) is 0.330. The number of aliphatic carboxylic acids is 1. The topological polar surface area (TPSA) is 91.3 Å². The second kappa shape index (κ2) is 6.25. The van der Waals surface area contributed by atoms with Crippen molar-refractivity contribution in [3.63, 3.8) is 0 Å². The Morgan fingerprint density at radius 1 is 1.56 bits per heavy atom. The van der Waals surface area contributed by atoms with E-state index >= 15 is 0 Å². The number of carbonyl (C=O) groups is 2. The third kappa shape index (κ3) is 3.79. The number of carboxylic acid groups (broad SMARTS) is 1. The molecule has 6 heteroatoms. The summed E-state index contributed by atoms with van der Waals surface area (Å²) >= 11 is 0. The molecule has 1 rings (SSSR count). The van der Waals surface area contributed by atoms with Crippen LogP contribution in [0.4, 0.5) is 5.82 Å². The van der Waals surface area contributed by atoms with Crippen LogP contribution in [0.3, 0.4) is 0 Å². The average Bonchev–Trinajstić information content (AvgIpc) is 2.36. The molecule has 0 aliphatic heterocycles. The minimum Gasteiger partial charge on any atom is -0.480 e. The van der Waals surface area contributed by atoms with Crippen molar-refractivity contribution in [2.75, 3.05) is 11.9 Å². The lowest BCUT2D eigenvalue weighted by Gasteiger charge is -2.09. The lowest BCUT2D eigenvalue weighted by molar-refractivity contribution is -0.137. The monoisotopic (exact) mass is 247 g/mol. The maximum atomic E-state index is 11.5. The Labute approximate surface area is 104 Å². The number of carboxylic acids is 1. The van der Waals surface area contributed by atoms with Crippen molar-refractivity contribution in [1.82, 2.24) is 10.3 Å². The van der Waals surface area contributed by atoms with E-state index in [2.05, 4.69) is 21.5 Å². The number of nitrogens with one attached hydrogen (secondary N) is 2. The summed E-state index contributed by atoms with van der Waals surface area (Å²) in [5.41, 5.74) is 0.360. The van der Waals surface area contributed by atoms with Gasteiger partial charge in [0.1, 0.15) is 11.9 Å². The molecule has 0 bridgehead atoms. The maximum Gasteiger partial charge on any atom is 0.325 e. The lowest BCUT2D eigenvalue weighted by Crippen LogP contribution is -2.26. The van der Waals surface area contributed by atoms with Crippen molar-refractivity contribution < 1.29 is 14.7 Å². The van der Waals surface area contributed by atoms with E-state index in [-0.39, 0.29) is 12.5 Å². The highest BCUT2D eigenvalue weighted by Crippen LogP contribution is 2.06. The predicted molar refractivity (Wildman–Crippen MR) is 66.1 cm³/mol. The Balaban J connectivity index is 2.66. The Morgan fingerprint density at radius 3 is 2.78 bits per heavy atom. The summed E-state index contributed by atoms with van der Waals surface area (Å²) in [6, 6.07) is 2.32. The van der Waals surface area contributed by atoms with Gasteiger partial charge in [-0.3, -0.25) is 9.59 Å². The molecule has 3 N–H and O–H groups in total. The van der Waals surface area contributed by atoms with Crippen molar-refractivity contribution in [2.45, 2.75) is 13.0 Å². The van der Waals surface area contributed by atoms with Gasteiger partial charge in [-0.1, -0.05) is 5.92 Å². The molecule has 94 valence electrons. The summed E-state index contributed by atoms with van der Waals surface area (Å²) < 4.78 is 0. The van der Waals surface area contributed by atoms with E-state index in [1.807, 2.05) is 0 Å². The van der Waals surface area contributed by atoms with Crippen molar-refractivity contribution in [3.05, 3.63) is 23.9 Å². The molecule has 18 heavy (non-hydrogen) atoms. The molecule has 1 aromatic heterocycles. The zero-order valence-electron chi connectivity index (χ0n) is 9.80. The van der Waals surface area contributed by atoms with E-state index in [0.29, 0.717) is 11.4 Å². The number of rotatable bonds is 5. The molecule has 1 heterocycles. The van der Waals surface area contributed by atoms with Gasteiger partial charge >= 0.3 is 5.97 Å². The Bertz CT molecular complexity index is 476. The Morgan fingerprint density at radius 2 is 2.28 bits per heavy atom. The smallest absolute Gasteiger partial charge is 0.325 e. The largest absolute Gasteiger partial charge is 0.480 e. The van der Waals surface area contributed by atoms with Crippen LogP contribution in [0.2, 0.25) is 0 Å². The number of nitrogens with zero attached hydrogens (tertiary/aromatic N) is 1. The van der Waals surface area contributed by atoms with Crippen LogP contribution in [0, 0.1) is 12.3 Å². The van der Waals surface area contributed by atoms with Crippen LogP contribution in [-0.4, -0.2) is 34.6 Å². The summed E-state index contributed by atoms with van der Waals surface area (Å²) in [4.78, 5) is 26.1. The molecule has 1 unspecified atom stereocenters. The van der Waals surface area contributed by atoms with E-state index in [1.165, 1.54) is 25.3 Å². The third-order valence-corrected chi connectivity index (χ3v) is 2.11. The molecule has 0 fully saturated rings. The van der Waals surface area contributed by atoms with Crippen LogP contribution < -0.4 is 10.6 Å². The first kappa shape index (κ1) is 13.5. The van der Waals surface area contributed by atoms with Crippen molar-refractivity contribution >= 4 is 17.7 Å². The number of pyridine rings is 1. The number of anilines is 1. The summed E-state index contributed by atoms with van der Waals surface area (Å²) in [5, 5.41) is 13.9. The van der Waals surface area contributed by atoms with Crippen LogP contribution in [0.1, 0.15) is 17.3 Å². The molecule has 1 aromatic rings. The van der Waals surface area contributed by atoms with E-state index < -0.39 is 12.0 Å². The van der Waals surface area contributed by atoms with Gasteiger partial charge in [-0.05, 0) is 19.1 Å². The number of aromatic nitrogens is 1. The second-order valence-corrected chi connectivity index (χ2v) is 3.52. The van der Waals surface area contributed by atoms with Gasteiger partial charge in [0.05, 0.1) is 12.1 Å². The molecule has 6 nitrogen and oxygen atoms in total. The maximum absolute atomic E-state index is 11.5. The van der Waals surface area contributed by atoms with Gasteiger partial charge in [0.2, 0.25) is 0 Å². The Hall–Kier alpha value is -2.55. The number of amides is 1. The van der Waals surface area contributed by atoms with Crippen LogP contribution in [0.15, 0.2) is 18.3 Å². The summed E-state index contributed by atoms with van der Waals surface area (Å²) in [6.45, 7) is 1.65. The number of carbonyl (C=O) groups excluding carboxylic acids is 1. The van der Waals surface area contributed by atoms with Crippen LogP contribution in [0.25, 0.3) is 0 Å². The molecule has 0 radical (unpaired) electrons. The van der Waals surface area contributed by atoms with E-state index in [1.54, 1.807) is 0 Å². The second-order valence-electron chi connectivity index (χ2n) is 3.52. The van der Waals surface area contributed by atoms with Crippen LogP contribution in [-0.2, 0) is 4.79 Å². The van der Waals surface area contributed by atoms with Crippen LogP contribution in [0.5, 0.6) is 0 Å². The highest BCUT2D eigenvalue weighted by Gasteiger charge is 2.11. The molecule has 0 spiro atoms. The van der Waals surface area contributed by atoms with Gasteiger partial charge in [0.15, 0.2) is 0 Å². The highest BCUT2D eigenvalue weighted by atomic mass is 16.4. The number of hydrogen-bond donors (Lipinski definition) is 3. The minimum atomic E-state index is -0.979. The molecule has 1 amide bonds. The Kier molecular flexibility index (Phi) is 4.69. The first-order valence-electron chi connectivity index (χ1n) is 5.21. The van der Waals surface area contributed by atoms with Crippen LogP contribution >= 0.6 is 0 Å². The van der Waals surface area contributed by atoms with Gasteiger partial charge in [-0.15, -0.1) is 6.42 Å². The normalized spacial score (nSPS) is 11.1. The first-order valence-corrected chi connectivity index (χ1v) is 5.21. The molecule has 0 saturated heterocycles. The summed E-state index contributed by atoms with van der Waals surface area (Å²) in [6.07, 6.45) is 6.37. The molecule has 0 aliphatic rings. The summed E-state index contributed by atoms with van der Waals surface area (Å²) in [7, 11) is 0. The number of terminal acetylenes is 1. The molecule has 0 aromatic carbocycles. The average molecular weight is 247 g/mol. The quantitative estimate of drug-likeness (QED) is 0.652. The molecular weight excluding hydrogens is 234 g/mol. The van der Waals surface area contributed by atoms with Gasteiger partial charge in [0, 0.05) is 6.20 Å². The number of hydrogen-bond acceptors (Lipinski definition) is 4. The van der Waals surface area contributed by atoms with E-state index in [0.717, 1.165) is 0 Å². The lowest BCUT2D eigenvalue weighted by atomic mass is 10.2. The third-order valence-electron chi connectivity index (χ3n) is 2.11. The van der Waals surface area contributed by atoms with Crippen molar-refractivity contribution in [2.24, 2.45) is 0 Å².